The molecular formula is C18H34N2O. The molecule has 2 heterocycles. The first-order valence-corrected chi connectivity index (χ1v) is 9.32. The summed E-state index contributed by atoms with van der Waals surface area (Å²) in [5, 5.41) is 0. The van der Waals surface area contributed by atoms with Gasteiger partial charge in [0.2, 0.25) is 0 Å². The van der Waals surface area contributed by atoms with Crippen LogP contribution in [0.2, 0.25) is 0 Å². The molecule has 3 fully saturated rings. The molecule has 1 saturated carbocycles. The van der Waals surface area contributed by atoms with E-state index < -0.39 is 0 Å². The molecule has 0 aromatic heterocycles. The molecule has 21 heavy (non-hydrogen) atoms. The molecule has 0 N–H and O–H groups in total. The van der Waals surface area contributed by atoms with Crippen molar-refractivity contribution in [2.24, 2.45) is 17.8 Å². The molecular weight excluding hydrogens is 260 g/mol. The van der Waals surface area contributed by atoms with E-state index in [1.54, 1.807) is 0 Å². The summed E-state index contributed by atoms with van der Waals surface area (Å²) in [6.07, 6.45) is 8.65. The summed E-state index contributed by atoms with van der Waals surface area (Å²) >= 11 is 0. The van der Waals surface area contributed by atoms with Crippen molar-refractivity contribution in [1.29, 1.82) is 0 Å². The predicted molar refractivity (Wildman–Crippen MR) is 87.5 cm³/mol. The van der Waals surface area contributed by atoms with Gasteiger partial charge in [0.25, 0.3) is 0 Å². The SMILES string of the molecule is C[C@@H]1CCC[C@@H](CCN2CCN(C[C@H]3CCOC3)CC2)C1. The highest BCUT2D eigenvalue weighted by Gasteiger charge is 2.24. The van der Waals surface area contributed by atoms with Crippen LogP contribution in [0.15, 0.2) is 0 Å². The van der Waals surface area contributed by atoms with Gasteiger partial charge in [0.1, 0.15) is 0 Å². The average molecular weight is 294 g/mol. The van der Waals surface area contributed by atoms with Gasteiger partial charge in [-0.1, -0.05) is 26.2 Å². The van der Waals surface area contributed by atoms with Gasteiger partial charge in [0.15, 0.2) is 0 Å². The predicted octanol–water partition coefficient (Wildman–Crippen LogP) is 2.86. The molecule has 0 unspecified atom stereocenters. The minimum absolute atomic E-state index is 0.806. The minimum atomic E-state index is 0.806. The van der Waals surface area contributed by atoms with Crippen molar-refractivity contribution in [2.75, 3.05) is 52.5 Å². The first-order valence-electron chi connectivity index (χ1n) is 9.32. The fourth-order valence-corrected chi connectivity index (χ4v) is 4.48. The molecule has 0 spiro atoms. The number of hydrogen-bond acceptors (Lipinski definition) is 3. The van der Waals surface area contributed by atoms with Crippen LogP contribution in [0.25, 0.3) is 0 Å². The highest BCUT2D eigenvalue weighted by molar-refractivity contribution is 4.78. The topological polar surface area (TPSA) is 15.7 Å². The van der Waals surface area contributed by atoms with Crippen molar-refractivity contribution in [3.05, 3.63) is 0 Å². The zero-order chi connectivity index (χ0) is 14.5. The Kier molecular flexibility index (Phi) is 5.96. The molecule has 3 rings (SSSR count). The van der Waals surface area contributed by atoms with Crippen molar-refractivity contribution in [2.45, 2.75) is 45.4 Å². The van der Waals surface area contributed by atoms with Crippen LogP contribution in [-0.2, 0) is 4.74 Å². The van der Waals surface area contributed by atoms with Gasteiger partial charge in [-0.3, -0.25) is 0 Å². The standard InChI is InChI=1S/C18H34N2O/c1-16-3-2-4-17(13-16)5-7-19-8-10-20(11-9-19)14-18-6-12-21-15-18/h16-18H,2-15H2,1H3/t16-,17+,18-/m1/s1. The van der Waals surface area contributed by atoms with E-state index in [9.17, 15) is 0 Å². The zero-order valence-electron chi connectivity index (χ0n) is 13.9. The Hall–Kier alpha value is -0.120. The van der Waals surface area contributed by atoms with E-state index in [-0.39, 0.29) is 0 Å². The number of hydrogen-bond donors (Lipinski definition) is 0. The molecule has 3 nitrogen and oxygen atoms in total. The molecule has 0 radical (unpaired) electrons. The van der Waals surface area contributed by atoms with Crippen LogP contribution in [-0.4, -0.2) is 62.3 Å². The third-order valence-electron chi connectivity index (χ3n) is 5.90. The summed E-state index contributed by atoms with van der Waals surface area (Å²) < 4.78 is 5.50. The first-order chi connectivity index (χ1) is 10.3. The Morgan fingerprint density at radius 3 is 2.48 bits per heavy atom. The maximum atomic E-state index is 5.50. The van der Waals surface area contributed by atoms with Gasteiger partial charge in [0.05, 0.1) is 6.61 Å². The van der Waals surface area contributed by atoms with Crippen LogP contribution >= 0.6 is 0 Å². The zero-order valence-corrected chi connectivity index (χ0v) is 13.9. The van der Waals surface area contributed by atoms with Crippen molar-refractivity contribution >= 4 is 0 Å². The summed E-state index contributed by atoms with van der Waals surface area (Å²) in [5.41, 5.74) is 0. The van der Waals surface area contributed by atoms with Gasteiger partial charge < -0.3 is 14.5 Å². The minimum Gasteiger partial charge on any atom is -0.381 e. The molecule has 3 heteroatoms. The maximum Gasteiger partial charge on any atom is 0.0507 e. The molecule has 3 atom stereocenters. The second kappa shape index (κ2) is 7.94. The number of rotatable bonds is 5. The summed E-state index contributed by atoms with van der Waals surface area (Å²) in [5.74, 6) is 2.80. The quantitative estimate of drug-likeness (QED) is 0.775. The molecule has 122 valence electrons. The lowest BCUT2D eigenvalue weighted by Crippen LogP contribution is -2.48. The Morgan fingerprint density at radius 2 is 1.76 bits per heavy atom. The Balaban J connectivity index is 1.30. The monoisotopic (exact) mass is 294 g/mol. The third-order valence-corrected chi connectivity index (χ3v) is 5.90. The molecule has 0 aromatic rings. The van der Waals surface area contributed by atoms with Crippen molar-refractivity contribution in [3.63, 3.8) is 0 Å². The summed E-state index contributed by atoms with van der Waals surface area (Å²) in [6.45, 7) is 12.2. The average Bonchev–Trinajstić information content (AvgIpc) is 3.00. The lowest BCUT2D eigenvalue weighted by Gasteiger charge is -2.37. The van der Waals surface area contributed by atoms with Crippen LogP contribution in [0.3, 0.4) is 0 Å². The lowest BCUT2D eigenvalue weighted by molar-refractivity contribution is 0.103. The van der Waals surface area contributed by atoms with Crippen LogP contribution in [0, 0.1) is 17.8 Å². The smallest absolute Gasteiger partial charge is 0.0507 e. The van der Waals surface area contributed by atoms with E-state index in [1.165, 1.54) is 77.8 Å². The van der Waals surface area contributed by atoms with Gasteiger partial charge in [-0.05, 0) is 43.6 Å². The van der Waals surface area contributed by atoms with Crippen molar-refractivity contribution < 1.29 is 4.74 Å². The molecule has 2 aliphatic heterocycles. The number of ether oxygens (including phenoxy) is 1. The van der Waals surface area contributed by atoms with Gasteiger partial charge in [-0.25, -0.2) is 0 Å². The van der Waals surface area contributed by atoms with Gasteiger partial charge >= 0.3 is 0 Å². The molecule has 2 saturated heterocycles. The van der Waals surface area contributed by atoms with Gasteiger partial charge in [0, 0.05) is 39.3 Å². The molecule has 0 aromatic carbocycles. The van der Waals surface area contributed by atoms with E-state index in [0.29, 0.717) is 0 Å². The second-order valence-electron chi connectivity index (χ2n) is 7.80. The summed E-state index contributed by atoms with van der Waals surface area (Å²) in [7, 11) is 0. The van der Waals surface area contributed by atoms with Crippen LogP contribution in [0.5, 0.6) is 0 Å². The first kappa shape index (κ1) is 15.8. The Bertz CT molecular complexity index is 296. The summed E-state index contributed by atoms with van der Waals surface area (Å²) in [4.78, 5) is 5.37. The van der Waals surface area contributed by atoms with Crippen molar-refractivity contribution in [1.82, 2.24) is 9.80 Å². The largest absolute Gasteiger partial charge is 0.381 e. The maximum absolute atomic E-state index is 5.50. The number of piperazine rings is 1. The summed E-state index contributed by atoms with van der Waals surface area (Å²) in [6, 6.07) is 0. The van der Waals surface area contributed by atoms with Crippen LogP contribution in [0.1, 0.15) is 45.4 Å². The molecule has 0 amide bonds. The highest BCUT2D eigenvalue weighted by Crippen LogP contribution is 2.30. The molecule has 3 aliphatic rings. The van der Waals surface area contributed by atoms with E-state index in [4.69, 9.17) is 4.74 Å². The van der Waals surface area contributed by atoms with Gasteiger partial charge in [-0.2, -0.15) is 0 Å². The van der Waals surface area contributed by atoms with E-state index in [1.807, 2.05) is 0 Å². The lowest BCUT2D eigenvalue weighted by atomic mass is 9.81. The molecule has 0 bridgehead atoms. The molecule has 1 aliphatic carbocycles. The van der Waals surface area contributed by atoms with Crippen LogP contribution < -0.4 is 0 Å². The van der Waals surface area contributed by atoms with E-state index in [2.05, 4.69) is 16.7 Å². The number of nitrogens with zero attached hydrogens (tertiary/aromatic N) is 2. The highest BCUT2D eigenvalue weighted by atomic mass is 16.5. The Labute approximate surface area is 131 Å². The Morgan fingerprint density at radius 1 is 0.952 bits per heavy atom. The van der Waals surface area contributed by atoms with E-state index in [0.717, 1.165) is 31.0 Å². The van der Waals surface area contributed by atoms with Gasteiger partial charge in [-0.15, -0.1) is 0 Å². The fourth-order valence-electron chi connectivity index (χ4n) is 4.48. The van der Waals surface area contributed by atoms with Crippen molar-refractivity contribution in [3.8, 4) is 0 Å². The normalized spacial score (nSPS) is 36.1. The third kappa shape index (κ3) is 4.94. The second-order valence-corrected chi connectivity index (χ2v) is 7.80. The van der Waals surface area contributed by atoms with Crippen LogP contribution in [0.4, 0.5) is 0 Å². The fraction of sp³-hybridized carbons (Fsp3) is 1.00. The van der Waals surface area contributed by atoms with E-state index >= 15 is 0 Å².